The van der Waals surface area contributed by atoms with Gasteiger partial charge in [0.15, 0.2) is 11.5 Å². The molecule has 1 aromatic heterocycles. The van der Waals surface area contributed by atoms with E-state index in [0.29, 0.717) is 28.8 Å². The van der Waals surface area contributed by atoms with Crippen LogP contribution in [0.1, 0.15) is 5.56 Å². The summed E-state index contributed by atoms with van der Waals surface area (Å²) in [6.07, 6.45) is 0.817. The van der Waals surface area contributed by atoms with Crippen LogP contribution in [0.5, 0.6) is 11.5 Å². The van der Waals surface area contributed by atoms with E-state index in [1.54, 1.807) is 14.2 Å². The fraction of sp³-hybridized carbons (Fsp3) is 0.227. The first-order chi connectivity index (χ1) is 14.2. The molecule has 1 heterocycles. The van der Waals surface area contributed by atoms with Crippen molar-refractivity contribution in [3.63, 3.8) is 0 Å². The summed E-state index contributed by atoms with van der Waals surface area (Å²) in [5.41, 5.74) is 2.81. The second kappa shape index (κ2) is 10.5. The number of nitrogens with zero attached hydrogens (tertiary/aromatic N) is 2. The Balaban J connectivity index is 1.49. The van der Waals surface area contributed by atoms with E-state index in [1.807, 2.05) is 48.5 Å². The van der Waals surface area contributed by atoms with Gasteiger partial charge < -0.3 is 14.8 Å². The van der Waals surface area contributed by atoms with Crippen molar-refractivity contribution in [1.29, 1.82) is 0 Å². The SMILES string of the molecule is COc1ccc(-c2ccc(SCC(=O)NCCc3ccccc3)nn2)cc1OC. The molecule has 3 rings (SSSR count). The molecule has 2 aromatic carbocycles. The summed E-state index contributed by atoms with van der Waals surface area (Å²) in [6.45, 7) is 0.618. The summed E-state index contributed by atoms with van der Waals surface area (Å²) in [5, 5.41) is 12.1. The van der Waals surface area contributed by atoms with Crippen molar-refractivity contribution in [3.8, 4) is 22.8 Å². The van der Waals surface area contributed by atoms with Crippen LogP contribution >= 0.6 is 11.8 Å². The van der Waals surface area contributed by atoms with Crippen LogP contribution in [-0.4, -0.2) is 42.6 Å². The summed E-state index contributed by atoms with van der Waals surface area (Å²) in [6, 6.07) is 19.4. The van der Waals surface area contributed by atoms with Crippen LogP contribution < -0.4 is 14.8 Å². The third-order valence-electron chi connectivity index (χ3n) is 4.25. The van der Waals surface area contributed by atoms with E-state index in [0.717, 1.165) is 17.7 Å². The lowest BCUT2D eigenvalue weighted by Gasteiger charge is -2.09. The van der Waals surface area contributed by atoms with Gasteiger partial charge in [-0.1, -0.05) is 42.1 Å². The van der Waals surface area contributed by atoms with Gasteiger partial charge in [0.2, 0.25) is 5.91 Å². The molecule has 0 saturated carbocycles. The zero-order chi connectivity index (χ0) is 20.5. The van der Waals surface area contributed by atoms with Gasteiger partial charge in [0.25, 0.3) is 0 Å². The lowest BCUT2D eigenvalue weighted by atomic mass is 10.1. The molecule has 1 N–H and O–H groups in total. The molecule has 0 bridgehead atoms. The Kier molecular flexibility index (Phi) is 7.47. The summed E-state index contributed by atoms with van der Waals surface area (Å²) in [4.78, 5) is 12.0. The summed E-state index contributed by atoms with van der Waals surface area (Å²) >= 11 is 1.36. The van der Waals surface area contributed by atoms with Crippen LogP contribution in [0.25, 0.3) is 11.3 Å². The minimum absolute atomic E-state index is 0.0169. The van der Waals surface area contributed by atoms with Crippen molar-refractivity contribution in [2.45, 2.75) is 11.4 Å². The number of hydrogen-bond acceptors (Lipinski definition) is 6. The third-order valence-corrected chi connectivity index (χ3v) is 5.17. The highest BCUT2D eigenvalue weighted by Gasteiger charge is 2.09. The minimum Gasteiger partial charge on any atom is -0.493 e. The van der Waals surface area contributed by atoms with E-state index < -0.39 is 0 Å². The quantitative estimate of drug-likeness (QED) is 0.544. The third kappa shape index (κ3) is 5.96. The summed E-state index contributed by atoms with van der Waals surface area (Å²) < 4.78 is 10.6. The number of benzene rings is 2. The largest absolute Gasteiger partial charge is 0.493 e. The Morgan fingerprint density at radius 1 is 0.966 bits per heavy atom. The summed E-state index contributed by atoms with van der Waals surface area (Å²) in [5.74, 6) is 1.59. The van der Waals surface area contributed by atoms with Gasteiger partial charge in [-0.2, -0.15) is 0 Å². The molecule has 0 aliphatic rings. The Labute approximate surface area is 174 Å². The van der Waals surface area contributed by atoms with Crippen LogP contribution in [0.15, 0.2) is 65.7 Å². The normalized spacial score (nSPS) is 10.4. The first kappa shape index (κ1) is 20.7. The van der Waals surface area contributed by atoms with E-state index in [2.05, 4.69) is 27.6 Å². The molecule has 29 heavy (non-hydrogen) atoms. The lowest BCUT2D eigenvalue weighted by molar-refractivity contribution is -0.118. The number of thioether (sulfide) groups is 1. The Hall–Kier alpha value is -3.06. The lowest BCUT2D eigenvalue weighted by Crippen LogP contribution is -2.27. The maximum absolute atomic E-state index is 12.0. The van der Waals surface area contributed by atoms with E-state index in [1.165, 1.54) is 17.3 Å². The van der Waals surface area contributed by atoms with E-state index in [4.69, 9.17) is 9.47 Å². The van der Waals surface area contributed by atoms with Gasteiger partial charge in [0.05, 0.1) is 25.7 Å². The van der Waals surface area contributed by atoms with E-state index >= 15 is 0 Å². The van der Waals surface area contributed by atoms with Crippen LogP contribution in [0.3, 0.4) is 0 Å². The Morgan fingerprint density at radius 3 is 2.45 bits per heavy atom. The molecule has 0 atom stereocenters. The van der Waals surface area contributed by atoms with Crippen LogP contribution in [0.4, 0.5) is 0 Å². The van der Waals surface area contributed by atoms with Gasteiger partial charge >= 0.3 is 0 Å². The predicted molar refractivity (Wildman–Crippen MR) is 114 cm³/mol. The molecule has 7 heteroatoms. The zero-order valence-electron chi connectivity index (χ0n) is 16.4. The van der Waals surface area contributed by atoms with Crippen LogP contribution in [-0.2, 0) is 11.2 Å². The highest BCUT2D eigenvalue weighted by atomic mass is 32.2. The van der Waals surface area contributed by atoms with Crippen LogP contribution in [0.2, 0.25) is 0 Å². The van der Waals surface area contributed by atoms with Gasteiger partial charge in [-0.05, 0) is 42.3 Å². The number of nitrogens with one attached hydrogen (secondary N) is 1. The number of hydrogen-bond donors (Lipinski definition) is 1. The molecule has 0 spiro atoms. The fourth-order valence-corrected chi connectivity index (χ4v) is 3.37. The number of carbonyl (C=O) groups is 1. The highest BCUT2D eigenvalue weighted by molar-refractivity contribution is 7.99. The molecule has 0 aliphatic heterocycles. The highest BCUT2D eigenvalue weighted by Crippen LogP contribution is 2.31. The van der Waals surface area contributed by atoms with Gasteiger partial charge in [0, 0.05) is 12.1 Å². The minimum atomic E-state index is -0.0169. The smallest absolute Gasteiger partial charge is 0.230 e. The average Bonchev–Trinajstić information content (AvgIpc) is 2.78. The molecular formula is C22H23N3O3S. The van der Waals surface area contributed by atoms with Crippen molar-refractivity contribution in [2.24, 2.45) is 0 Å². The van der Waals surface area contributed by atoms with E-state index in [-0.39, 0.29) is 5.91 Å². The first-order valence-corrected chi connectivity index (χ1v) is 10.2. The van der Waals surface area contributed by atoms with Gasteiger partial charge in [0.1, 0.15) is 5.03 Å². The molecule has 1 amide bonds. The second-order valence-corrected chi connectivity index (χ2v) is 7.20. The molecule has 0 radical (unpaired) electrons. The Bertz CT molecular complexity index is 934. The van der Waals surface area contributed by atoms with Gasteiger partial charge in [-0.25, -0.2) is 0 Å². The number of amides is 1. The van der Waals surface area contributed by atoms with E-state index in [9.17, 15) is 4.79 Å². The van der Waals surface area contributed by atoms with Crippen molar-refractivity contribution in [2.75, 3.05) is 26.5 Å². The second-order valence-electron chi connectivity index (χ2n) is 6.20. The molecule has 150 valence electrons. The predicted octanol–water partition coefficient (Wildman–Crippen LogP) is 3.61. The van der Waals surface area contributed by atoms with Gasteiger partial charge in [-0.3, -0.25) is 4.79 Å². The average molecular weight is 410 g/mol. The topological polar surface area (TPSA) is 73.3 Å². The Morgan fingerprint density at radius 2 is 1.76 bits per heavy atom. The van der Waals surface area contributed by atoms with Crippen LogP contribution in [0, 0.1) is 0 Å². The molecule has 0 aliphatic carbocycles. The molecule has 0 fully saturated rings. The maximum Gasteiger partial charge on any atom is 0.230 e. The number of ether oxygens (including phenoxy) is 2. The molecular weight excluding hydrogens is 386 g/mol. The van der Waals surface area contributed by atoms with Crippen molar-refractivity contribution >= 4 is 17.7 Å². The van der Waals surface area contributed by atoms with Gasteiger partial charge in [-0.15, -0.1) is 10.2 Å². The number of methoxy groups -OCH3 is 2. The molecule has 0 unspecified atom stereocenters. The molecule has 3 aromatic rings. The maximum atomic E-state index is 12.0. The fourth-order valence-electron chi connectivity index (χ4n) is 2.73. The van der Waals surface area contributed by atoms with Crippen molar-refractivity contribution < 1.29 is 14.3 Å². The monoisotopic (exact) mass is 409 g/mol. The number of carbonyl (C=O) groups excluding carboxylic acids is 1. The summed E-state index contributed by atoms with van der Waals surface area (Å²) in [7, 11) is 3.19. The zero-order valence-corrected chi connectivity index (χ0v) is 17.2. The standard InChI is InChI=1S/C22H23N3O3S/c1-27-19-10-8-17(14-20(19)28-2)18-9-11-22(25-24-18)29-15-21(26)23-13-12-16-6-4-3-5-7-16/h3-11,14H,12-13,15H2,1-2H3,(H,23,26). The van der Waals surface area contributed by atoms with Crippen molar-refractivity contribution in [3.05, 3.63) is 66.2 Å². The molecule has 6 nitrogen and oxygen atoms in total. The number of aromatic nitrogens is 2. The molecule has 0 saturated heterocycles. The van der Waals surface area contributed by atoms with Crippen molar-refractivity contribution in [1.82, 2.24) is 15.5 Å². The first-order valence-electron chi connectivity index (χ1n) is 9.19. The number of rotatable bonds is 9.